The quantitative estimate of drug-likeness (QED) is 0.687. The van der Waals surface area contributed by atoms with E-state index in [1.165, 1.54) is 6.07 Å². The van der Waals surface area contributed by atoms with Gasteiger partial charge in [-0.3, -0.25) is 19.3 Å². The molecule has 2 aromatic carbocycles. The van der Waals surface area contributed by atoms with Crippen LogP contribution in [-0.2, 0) is 19.6 Å². The standard InChI is InChI=1S/C22H22N4O6S/c27-20(13-23-21-15-5-1-4-8-19(15)33(29,30)24-21)25-9-11-26(12-10-25)22(28)18-14-31-16-6-2-3-7-17(16)32-18/h1-8,18H,9-14H2,(H,23,24)/t18-/m1/s1. The molecular formula is C22H22N4O6S. The van der Waals surface area contributed by atoms with Crippen LogP contribution in [0.4, 0.5) is 0 Å². The first kappa shape index (κ1) is 21.3. The number of benzene rings is 2. The predicted octanol–water partition coefficient (Wildman–Crippen LogP) is 0.236. The Morgan fingerprint density at radius 3 is 2.42 bits per heavy atom. The summed E-state index contributed by atoms with van der Waals surface area (Å²) in [5.74, 6) is 0.922. The van der Waals surface area contributed by atoms with Crippen molar-refractivity contribution in [1.29, 1.82) is 0 Å². The Hall–Kier alpha value is -3.60. The maximum Gasteiger partial charge on any atom is 0.267 e. The Labute approximate surface area is 190 Å². The summed E-state index contributed by atoms with van der Waals surface area (Å²) in [6, 6.07) is 13.7. The molecule has 172 valence electrons. The van der Waals surface area contributed by atoms with E-state index >= 15 is 0 Å². The van der Waals surface area contributed by atoms with Gasteiger partial charge < -0.3 is 19.3 Å². The normalized spacial score (nSPS) is 21.9. The highest BCUT2D eigenvalue weighted by molar-refractivity contribution is 7.90. The van der Waals surface area contributed by atoms with Crippen LogP contribution in [0.5, 0.6) is 11.5 Å². The lowest BCUT2D eigenvalue weighted by molar-refractivity contribution is -0.145. The molecular weight excluding hydrogens is 448 g/mol. The summed E-state index contributed by atoms with van der Waals surface area (Å²) in [6.45, 7) is 1.43. The van der Waals surface area contributed by atoms with Gasteiger partial charge in [0.05, 0.1) is 4.90 Å². The molecule has 10 nitrogen and oxygen atoms in total. The number of sulfonamides is 1. The SMILES string of the molecule is O=C(CN=C1NS(=O)(=O)c2ccccc21)N1CCN(C(=O)[C@H]2COc3ccccc3O2)CC1. The number of aliphatic imine (C=N–C) groups is 1. The van der Waals surface area contributed by atoms with Crippen molar-refractivity contribution in [2.75, 3.05) is 39.3 Å². The summed E-state index contributed by atoms with van der Waals surface area (Å²) in [5, 5.41) is 0. The second-order valence-electron chi connectivity index (χ2n) is 7.84. The third-order valence-electron chi connectivity index (χ3n) is 5.76. The van der Waals surface area contributed by atoms with Crippen molar-refractivity contribution in [3.8, 4) is 11.5 Å². The molecule has 0 spiro atoms. The van der Waals surface area contributed by atoms with Gasteiger partial charge in [-0.05, 0) is 24.3 Å². The summed E-state index contributed by atoms with van der Waals surface area (Å²) in [6.07, 6.45) is -0.719. The fourth-order valence-corrected chi connectivity index (χ4v) is 5.27. The van der Waals surface area contributed by atoms with E-state index in [1.54, 1.807) is 40.1 Å². The first-order valence-electron chi connectivity index (χ1n) is 10.5. The Morgan fingerprint density at radius 2 is 1.64 bits per heavy atom. The molecule has 0 saturated carbocycles. The van der Waals surface area contributed by atoms with Crippen LogP contribution in [0.2, 0.25) is 0 Å². The lowest BCUT2D eigenvalue weighted by Gasteiger charge is -2.37. The topological polar surface area (TPSA) is 118 Å². The fourth-order valence-electron chi connectivity index (χ4n) is 4.02. The Balaban J connectivity index is 1.16. The Kier molecular flexibility index (Phi) is 5.41. The largest absolute Gasteiger partial charge is 0.485 e. The zero-order chi connectivity index (χ0) is 23.0. The number of carbonyl (C=O) groups excluding carboxylic acids is 2. The molecule has 1 saturated heterocycles. The third kappa shape index (κ3) is 4.11. The zero-order valence-electron chi connectivity index (χ0n) is 17.6. The molecule has 1 fully saturated rings. The van der Waals surface area contributed by atoms with Gasteiger partial charge >= 0.3 is 0 Å². The summed E-state index contributed by atoms with van der Waals surface area (Å²) in [4.78, 5) is 33.1. The zero-order valence-corrected chi connectivity index (χ0v) is 18.5. The van der Waals surface area contributed by atoms with E-state index in [0.717, 1.165) is 0 Å². The molecule has 3 heterocycles. The number of amides is 2. The van der Waals surface area contributed by atoms with E-state index in [9.17, 15) is 18.0 Å². The van der Waals surface area contributed by atoms with Crippen molar-refractivity contribution in [2.24, 2.45) is 4.99 Å². The number of nitrogens with one attached hydrogen (secondary N) is 1. The van der Waals surface area contributed by atoms with Gasteiger partial charge in [0.25, 0.3) is 15.9 Å². The minimum absolute atomic E-state index is 0.143. The van der Waals surface area contributed by atoms with Crippen LogP contribution in [0.1, 0.15) is 5.56 Å². The number of piperazine rings is 1. The van der Waals surface area contributed by atoms with Gasteiger partial charge in [0.15, 0.2) is 11.5 Å². The van der Waals surface area contributed by atoms with E-state index in [4.69, 9.17) is 9.47 Å². The van der Waals surface area contributed by atoms with Gasteiger partial charge in [-0.2, -0.15) is 0 Å². The van der Waals surface area contributed by atoms with Crippen molar-refractivity contribution >= 4 is 27.7 Å². The minimum Gasteiger partial charge on any atom is -0.485 e. The van der Waals surface area contributed by atoms with Gasteiger partial charge in [0.2, 0.25) is 12.0 Å². The summed E-state index contributed by atoms with van der Waals surface area (Å²) >= 11 is 0. The molecule has 2 amide bonds. The molecule has 0 bridgehead atoms. The number of amidine groups is 1. The van der Waals surface area contributed by atoms with E-state index in [1.807, 2.05) is 12.1 Å². The highest BCUT2D eigenvalue weighted by Gasteiger charge is 2.34. The molecule has 33 heavy (non-hydrogen) atoms. The molecule has 1 N–H and O–H groups in total. The number of rotatable bonds is 3. The molecule has 2 aromatic rings. The van der Waals surface area contributed by atoms with E-state index in [-0.39, 0.29) is 35.7 Å². The van der Waals surface area contributed by atoms with Crippen LogP contribution in [0.25, 0.3) is 0 Å². The first-order valence-corrected chi connectivity index (χ1v) is 12.0. The van der Waals surface area contributed by atoms with Crippen molar-refractivity contribution in [1.82, 2.24) is 14.5 Å². The molecule has 0 radical (unpaired) electrons. The van der Waals surface area contributed by atoms with Gasteiger partial charge in [-0.25, -0.2) is 8.42 Å². The van der Waals surface area contributed by atoms with E-state index in [0.29, 0.717) is 43.2 Å². The van der Waals surface area contributed by atoms with Gasteiger partial charge in [0, 0.05) is 31.7 Å². The van der Waals surface area contributed by atoms with Crippen LogP contribution < -0.4 is 14.2 Å². The Bertz CT molecular complexity index is 1240. The second-order valence-corrected chi connectivity index (χ2v) is 9.49. The van der Waals surface area contributed by atoms with E-state index < -0.39 is 16.1 Å². The molecule has 3 aliphatic rings. The first-order chi connectivity index (χ1) is 15.9. The number of para-hydroxylation sites is 2. The second kappa shape index (κ2) is 8.39. The number of carbonyl (C=O) groups is 2. The van der Waals surface area contributed by atoms with Crippen LogP contribution >= 0.6 is 0 Å². The van der Waals surface area contributed by atoms with Gasteiger partial charge in [-0.1, -0.05) is 24.3 Å². The average Bonchev–Trinajstić information content (AvgIpc) is 3.12. The van der Waals surface area contributed by atoms with Crippen LogP contribution in [0, 0.1) is 0 Å². The molecule has 5 rings (SSSR count). The summed E-state index contributed by atoms with van der Waals surface area (Å²) < 4.78 is 38.1. The fraction of sp³-hybridized carbons (Fsp3) is 0.318. The lowest BCUT2D eigenvalue weighted by atomic mass is 10.2. The van der Waals surface area contributed by atoms with Crippen molar-refractivity contribution in [2.45, 2.75) is 11.0 Å². The molecule has 3 aliphatic heterocycles. The molecule has 0 unspecified atom stereocenters. The minimum atomic E-state index is -3.65. The maximum absolute atomic E-state index is 12.8. The average molecular weight is 471 g/mol. The molecule has 11 heteroatoms. The number of hydrogen-bond acceptors (Lipinski definition) is 7. The van der Waals surface area contributed by atoms with Crippen molar-refractivity contribution < 1.29 is 27.5 Å². The van der Waals surface area contributed by atoms with Crippen molar-refractivity contribution in [3.05, 3.63) is 54.1 Å². The highest BCUT2D eigenvalue weighted by atomic mass is 32.2. The predicted molar refractivity (Wildman–Crippen MR) is 118 cm³/mol. The van der Waals surface area contributed by atoms with Crippen molar-refractivity contribution in [3.63, 3.8) is 0 Å². The molecule has 0 aromatic heterocycles. The summed E-state index contributed by atoms with van der Waals surface area (Å²) in [5.41, 5.74) is 0.456. The lowest BCUT2D eigenvalue weighted by Crippen LogP contribution is -2.55. The number of hydrogen-bond donors (Lipinski definition) is 1. The van der Waals surface area contributed by atoms with Crippen LogP contribution in [0.3, 0.4) is 0 Å². The van der Waals surface area contributed by atoms with Gasteiger partial charge in [0.1, 0.15) is 19.0 Å². The van der Waals surface area contributed by atoms with Crippen LogP contribution in [-0.4, -0.2) is 81.3 Å². The van der Waals surface area contributed by atoms with E-state index in [2.05, 4.69) is 9.71 Å². The highest BCUT2D eigenvalue weighted by Crippen LogP contribution is 2.31. The molecule has 0 aliphatic carbocycles. The number of fused-ring (bicyclic) bond motifs is 2. The molecule has 1 atom stereocenters. The number of ether oxygens (including phenoxy) is 2. The summed E-state index contributed by atoms with van der Waals surface area (Å²) in [7, 11) is -3.65. The van der Waals surface area contributed by atoms with Gasteiger partial charge in [-0.15, -0.1) is 0 Å². The smallest absolute Gasteiger partial charge is 0.267 e. The Morgan fingerprint density at radius 1 is 0.970 bits per heavy atom. The van der Waals surface area contributed by atoms with Crippen LogP contribution in [0.15, 0.2) is 58.4 Å². The maximum atomic E-state index is 12.8. The number of nitrogens with zero attached hydrogens (tertiary/aromatic N) is 3. The third-order valence-corrected chi connectivity index (χ3v) is 7.16. The monoisotopic (exact) mass is 470 g/mol.